The zero-order chi connectivity index (χ0) is 24.9. The maximum Gasteiger partial charge on any atom is 0.340 e. The monoisotopic (exact) mass is 592 g/mol. The molecule has 180 valence electrons. The first-order valence-corrected chi connectivity index (χ1v) is 13.2. The molecule has 0 aliphatic heterocycles. The number of carboxylic acid groups (broad SMARTS) is 1. The minimum atomic E-state index is -2.60. The number of hydrogen-bond acceptors (Lipinski definition) is 4. The summed E-state index contributed by atoms with van der Waals surface area (Å²) in [6, 6.07) is 15.3. The number of anilines is 1. The molecule has 1 N–H and O–H groups in total. The van der Waals surface area contributed by atoms with Crippen molar-refractivity contribution in [3.05, 3.63) is 85.8 Å². The number of fused-ring (bicyclic) bond motifs is 1. The van der Waals surface area contributed by atoms with Crippen LogP contribution in [0.25, 0.3) is 22.3 Å². The highest BCUT2D eigenvalue weighted by Gasteiger charge is 2.31. The van der Waals surface area contributed by atoms with Crippen LogP contribution in [0.2, 0.25) is 10.0 Å². The molecule has 1 unspecified atom stereocenters. The van der Waals surface area contributed by atoms with Gasteiger partial charge in [0.1, 0.15) is 16.9 Å². The Kier molecular flexibility index (Phi) is 6.67. The number of carbonyl (C=O) groups is 1. The van der Waals surface area contributed by atoms with Crippen molar-refractivity contribution >= 4 is 73.0 Å². The fraction of sp³-hybridized carbons (Fsp3) is 0.160. The first-order valence-electron chi connectivity index (χ1n) is 10.6. The topological polar surface area (TPSA) is 93.8 Å². The number of benzene rings is 3. The summed E-state index contributed by atoms with van der Waals surface area (Å²) in [6.45, 7) is 0.0604. The maximum atomic E-state index is 12.4. The van der Waals surface area contributed by atoms with E-state index in [1.54, 1.807) is 54.6 Å². The van der Waals surface area contributed by atoms with Crippen molar-refractivity contribution in [2.45, 2.75) is 25.3 Å². The van der Waals surface area contributed by atoms with Crippen LogP contribution in [0.5, 0.6) is 0 Å². The molecule has 5 rings (SSSR count). The number of hydrogen-bond donors (Lipinski definition) is 1. The van der Waals surface area contributed by atoms with Crippen molar-refractivity contribution in [3.63, 3.8) is 0 Å². The van der Waals surface area contributed by atoms with Crippen LogP contribution in [0.3, 0.4) is 0 Å². The smallest absolute Gasteiger partial charge is 0.340 e. The van der Waals surface area contributed by atoms with Crippen LogP contribution in [0, 0.1) is 0 Å². The summed E-state index contributed by atoms with van der Waals surface area (Å²) in [4.78, 5) is 12.3. The van der Waals surface area contributed by atoms with Gasteiger partial charge in [0.15, 0.2) is 0 Å². The van der Waals surface area contributed by atoms with Crippen molar-refractivity contribution < 1.29 is 23.1 Å². The summed E-state index contributed by atoms with van der Waals surface area (Å²) in [5, 5.41) is 11.4. The highest BCUT2D eigenvalue weighted by molar-refractivity contribution is 9.10. The van der Waals surface area contributed by atoms with Crippen molar-refractivity contribution in [2.75, 3.05) is 4.31 Å². The van der Waals surface area contributed by atoms with E-state index in [9.17, 15) is 18.7 Å². The van der Waals surface area contributed by atoms with Gasteiger partial charge in [-0.2, -0.15) is 0 Å². The number of aromatic carboxylic acids is 1. The van der Waals surface area contributed by atoms with Gasteiger partial charge in [0, 0.05) is 37.8 Å². The van der Waals surface area contributed by atoms with Gasteiger partial charge >= 0.3 is 5.97 Å². The van der Waals surface area contributed by atoms with E-state index < -0.39 is 17.2 Å². The molecular formula is C25H17BrCl2NO5S-. The fourth-order valence-electron chi connectivity index (χ4n) is 4.13. The minimum absolute atomic E-state index is 0.0326. The molecule has 1 aliphatic rings. The number of carboxylic acids is 1. The molecule has 10 heteroatoms. The lowest BCUT2D eigenvalue weighted by Gasteiger charge is -2.29. The molecular weight excluding hydrogens is 577 g/mol. The second kappa shape index (κ2) is 9.59. The first kappa shape index (κ1) is 24.3. The summed E-state index contributed by atoms with van der Waals surface area (Å²) in [5.74, 6) is -0.793. The predicted octanol–water partition coefficient (Wildman–Crippen LogP) is 7.55. The van der Waals surface area contributed by atoms with E-state index in [0.717, 1.165) is 18.4 Å². The Morgan fingerprint density at radius 1 is 1.14 bits per heavy atom. The molecule has 3 aromatic carbocycles. The third-order valence-corrected chi connectivity index (χ3v) is 8.10. The Balaban J connectivity index is 1.67. The molecule has 0 amide bonds. The summed E-state index contributed by atoms with van der Waals surface area (Å²) in [5.41, 5.74) is 2.82. The third kappa shape index (κ3) is 4.86. The molecule has 0 radical (unpaired) electrons. The third-order valence-electron chi connectivity index (χ3n) is 5.93. The second-order valence-corrected chi connectivity index (χ2v) is 10.9. The molecule has 1 aromatic heterocycles. The molecule has 1 saturated carbocycles. The van der Waals surface area contributed by atoms with Crippen LogP contribution in [-0.4, -0.2) is 19.8 Å². The number of halogens is 3. The van der Waals surface area contributed by atoms with Gasteiger partial charge in [0.2, 0.25) is 0 Å². The predicted molar refractivity (Wildman–Crippen MR) is 140 cm³/mol. The lowest BCUT2D eigenvalue weighted by Crippen LogP contribution is -2.26. The molecule has 1 heterocycles. The van der Waals surface area contributed by atoms with Crippen LogP contribution in [0.15, 0.2) is 63.5 Å². The molecule has 0 spiro atoms. The Morgan fingerprint density at radius 3 is 2.46 bits per heavy atom. The summed E-state index contributed by atoms with van der Waals surface area (Å²) in [6.07, 6.45) is 1.79. The van der Waals surface area contributed by atoms with Crippen LogP contribution in [0.1, 0.15) is 40.2 Å². The van der Waals surface area contributed by atoms with Gasteiger partial charge in [0.05, 0.1) is 17.3 Å². The summed E-state index contributed by atoms with van der Waals surface area (Å²) in [7, 11) is 0. The van der Waals surface area contributed by atoms with Gasteiger partial charge in [-0.05, 0) is 88.3 Å². The Labute approximate surface area is 222 Å². The van der Waals surface area contributed by atoms with Gasteiger partial charge in [0.25, 0.3) is 0 Å². The Bertz CT molecular complexity index is 1480. The van der Waals surface area contributed by atoms with Crippen LogP contribution >= 0.6 is 39.1 Å². The van der Waals surface area contributed by atoms with Crippen LogP contribution in [-0.2, 0) is 17.8 Å². The number of furan rings is 1. The standard InChI is InChI=1S/C25H18BrCl2NO5S/c26-19-8-1-13(9-20(19)28)12-29(35(32)33)21-11-22-18(10-17(21)14-2-3-14)23(25(30)31)24(34-22)15-4-6-16(27)7-5-15/h1,4-11,14H,2-3,12H2,(H,30,31)(H,32,33)/p-1. The molecule has 1 fully saturated rings. The zero-order valence-electron chi connectivity index (χ0n) is 18.0. The van der Waals surface area contributed by atoms with Crippen molar-refractivity contribution in [1.82, 2.24) is 0 Å². The highest BCUT2D eigenvalue weighted by atomic mass is 79.9. The van der Waals surface area contributed by atoms with Crippen molar-refractivity contribution in [2.24, 2.45) is 0 Å². The minimum Gasteiger partial charge on any atom is -0.755 e. The van der Waals surface area contributed by atoms with Crippen LogP contribution < -0.4 is 4.31 Å². The number of nitrogens with zero attached hydrogens (tertiary/aromatic N) is 1. The average molecular weight is 594 g/mol. The van der Waals surface area contributed by atoms with E-state index in [1.807, 2.05) is 0 Å². The molecule has 6 nitrogen and oxygen atoms in total. The van der Waals surface area contributed by atoms with Gasteiger partial charge < -0.3 is 14.1 Å². The van der Waals surface area contributed by atoms with E-state index in [1.165, 1.54) is 4.31 Å². The Morgan fingerprint density at radius 2 is 1.86 bits per heavy atom. The van der Waals surface area contributed by atoms with E-state index in [0.29, 0.717) is 36.7 Å². The fourth-order valence-corrected chi connectivity index (χ4v) is 5.27. The lowest BCUT2D eigenvalue weighted by atomic mass is 10.0. The zero-order valence-corrected chi connectivity index (χ0v) is 21.9. The summed E-state index contributed by atoms with van der Waals surface area (Å²) >= 11 is 12.9. The molecule has 0 saturated heterocycles. The molecule has 35 heavy (non-hydrogen) atoms. The molecule has 4 aromatic rings. The van der Waals surface area contributed by atoms with Gasteiger partial charge in [-0.3, -0.25) is 8.51 Å². The van der Waals surface area contributed by atoms with E-state index >= 15 is 0 Å². The van der Waals surface area contributed by atoms with Crippen LogP contribution in [0.4, 0.5) is 5.69 Å². The van der Waals surface area contributed by atoms with Crippen molar-refractivity contribution in [1.29, 1.82) is 0 Å². The summed E-state index contributed by atoms with van der Waals surface area (Å²) < 4.78 is 32.7. The highest BCUT2D eigenvalue weighted by Crippen LogP contribution is 2.48. The molecule has 1 aliphatic carbocycles. The average Bonchev–Trinajstić information content (AvgIpc) is 3.59. The Hall–Kier alpha value is -2.36. The lowest BCUT2D eigenvalue weighted by molar-refractivity contribution is 0.0699. The van der Waals surface area contributed by atoms with Gasteiger partial charge in [-0.1, -0.05) is 29.3 Å². The van der Waals surface area contributed by atoms with Gasteiger partial charge in [-0.25, -0.2) is 4.79 Å². The number of rotatable bonds is 7. The van der Waals surface area contributed by atoms with E-state index in [2.05, 4.69) is 15.9 Å². The SMILES string of the molecule is O=C(O)c1c(-c2ccc(Cl)cc2)oc2cc(N(Cc3ccc(Br)c(Cl)c3)S(=O)[O-])c(C3CC3)cc12. The molecule has 0 bridgehead atoms. The van der Waals surface area contributed by atoms with E-state index in [4.69, 9.17) is 27.6 Å². The first-order chi connectivity index (χ1) is 16.7. The maximum absolute atomic E-state index is 12.4. The van der Waals surface area contributed by atoms with Gasteiger partial charge in [-0.15, -0.1) is 0 Å². The van der Waals surface area contributed by atoms with E-state index in [-0.39, 0.29) is 29.4 Å². The second-order valence-electron chi connectivity index (χ2n) is 8.30. The van der Waals surface area contributed by atoms with Crippen molar-refractivity contribution in [3.8, 4) is 11.3 Å². The molecule has 1 atom stereocenters. The largest absolute Gasteiger partial charge is 0.755 e. The quantitative estimate of drug-likeness (QED) is 0.223. The normalized spacial score (nSPS) is 14.3.